The average molecular weight is 413 g/mol. The normalized spacial score (nSPS) is 21.2. The third-order valence-corrected chi connectivity index (χ3v) is 6.11. The predicted molar refractivity (Wildman–Crippen MR) is 120 cm³/mol. The number of ether oxygens (including phenoxy) is 3. The third-order valence-electron chi connectivity index (χ3n) is 6.11. The first-order valence-electron chi connectivity index (χ1n) is 10.2. The van der Waals surface area contributed by atoms with Crippen molar-refractivity contribution in [3.63, 3.8) is 0 Å². The highest BCUT2D eigenvalue weighted by atomic mass is 16.5. The molecular weight excluding hydrogens is 380 g/mol. The topological polar surface area (TPSA) is 74.0 Å². The molecule has 0 amide bonds. The molecule has 2 aromatic rings. The minimum atomic E-state index is -0.179. The summed E-state index contributed by atoms with van der Waals surface area (Å²) in [6.45, 7) is 0. The van der Waals surface area contributed by atoms with E-state index in [1.54, 1.807) is 39.5 Å². The highest BCUT2D eigenvalue weighted by molar-refractivity contribution is 6.01. The van der Waals surface area contributed by atoms with Gasteiger partial charge in [-0.05, 0) is 61.1 Å². The number of benzene rings is 2. The van der Waals surface area contributed by atoms with E-state index in [-0.39, 0.29) is 23.7 Å². The van der Waals surface area contributed by atoms with Crippen LogP contribution >= 0.6 is 0 Å². The summed E-state index contributed by atoms with van der Waals surface area (Å²) < 4.78 is 16.5. The van der Waals surface area contributed by atoms with E-state index in [4.69, 9.17) is 19.9 Å². The van der Waals surface area contributed by atoms with E-state index < -0.39 is 0 Å². The van der Waals surface area contributed by atoms with Gasteiger partial charge in [-0.25, -0.2) is 0 Å². The molecule has 3 atom stereocenters. The number of methoxy groups -OCH3 is 3. The number of carbonyl (C=O) groups excluding carboxylic acids is 1. The fourth-order valence-electron chi connectivity index (χ4n) is 4.45. The zero-order chi connectivity index (χ0) is 21.8. The van der Waals surface area contributed by atoms with E-state index in [1.165, 1.54) is 0 Å². The van der Waals surface area contributed by atoms with Crippen molar-refractivity contribution in [2.24, 2.45) is 5.92 Å². The molecule has 0 aliphatic heterocycles. The van der Waals surface area contributed by atoms with Crippen molar-refractivity contribution in [2.75, 3.05) is 46.1 Å². The Morgan fingerprint density at radius 1 is 1.03 bits per heavy atom. The van der Waals surface area contributed by atoms with E-state index in [2.05, 4.69) is 6.07 Å². The summed E-state index contributed by atoms with van der Waals surface area (Å²) in [7, 11) is 8.84. The molecule has 162 valence electrons. The van der Waals surface area contributed by atoms with Gasteiger partial charge >= 0.3 is 0 Å². The molecule has 0 aromatic heterocycles. The van der Waals surface area contributed by atoms with Crippen LogP contribution in [0.4, 0.5) is 11.4 Å². The van der Waals surface area contributed by atoms with Crippen LogP contribution in [0.5, 0.6) is 11.5 Å². The highest BCUT2D eigenvalue weighted by Gasteiger charge is 2.37. The zero-order valence-electron chi connectivity index (χ0n) is 18.5. The highest BCUT2D eigenvalue weighted by Crippen LogP contribution is 2.43. The standard InChI is InChI=1S/C24H32N2O4/c1-26(2)22-10-6-15(12-21(22)25)19-13-16(28-3)7-9-18(19)24(27)20-14-17(29-4)8-11-23(20)30-5/h6,8,10-12,14,16,18-19H,7,9,13,25H2,1-5H3. The Kier molecular flexibility index (Phi) is 6.87. The maximum Gasteiger partial charge on any atom is 0.170 e. The molecule has 1 aliphatic carbocycles. The number of nitrogens with two attached hydrogens (primary N) is 1. The SMILES string of the molecule is COc1ccc(OC)c(C(=O)C2CCC(OC)CC2c2ccc(N(C)C)c(N)c2)c1. The van der Waals surface area contributed by atoms with Crippen LogP contribution in [-0.2, 0) is 4.74 Å². The molecule has 30 heavy (non-hydrogen) atoms. The lowest BCUT2D eigenvalue weighted by atomic mass is 9.71. The van der Waals surface area contributed by atoms with Gasteiger partial charge in [0.05, 0.1) is 37.3 Å². The minimum absolute atomic E-state index is 0.0191. The molecule has 6 nitrogen and oxygen atoms in total. The molecule has 1 fully saturated rings. The Hall–Kier alpha value is -2.73. The van der Waals surface area contributed by atoms with Crippen LogP contribution in [-0.4, -0.2) is 47.3 Å². The second-order valence-electron chi connectivity index (χ2n) is 8.03. The van der Waals surface area contributed by atoms with Gasteiger partial charge in [0.2, 0.25) is 0 Å². The van der Waals surface area contributed by atoms with Crippen molar-refractivity contribution < 1.29 is 19.0 Å². The lowest BCUT2D eigenvalue weighted by Gasteiger charge is -2.35. The molecule has 1 aliphatic rings. The molecule has 6 heteroatoms. The fraction of sp³-hybridized carbons (Fsp3) is 0.458. The Morgan fingerprint density at radius 2 is 1.80 bits per heavy atom. The van der Waals surface area contributed by atoms with Crippen molar-refractivity contribution in [2.45, 2.75) is 31.3 Å². The van der Waals surface area contributed by atoms with Gasteiger partial charge < -0.3 is 24.8 Å². The first kappa shape index (κ1) is 22.0. The predicted octanol–water partition coefficient (Wildman–Crippen LogP) is 4.13. The molecule has 0 bridgehead atoms. The number of rotatable bonds is 7. The Labute approximate surface area is 178 Å². The van der Waals surface area contributed by atoms with Gasteiger partial charge in [0.15, 0.2) is 5.78 Å². The van der Waals surface area contributed by atoms with Gasteiger partial charge in [-0.3, -0.25) is 4.79 Å². The molecule has 2 aromatic carbocycles. The maximum absolute atomic E-state index is 13.7. The molecule has 0 radical (unpaired) electrons. The van der Waals surface area contributed by atoms with Crippen LogP contribution in [0.25, 0.3) is 0 Å². The van der Waals surface area contributed by atoms with Crippen molar-refractivity contribution in [3.05, 3.63) is 47.5 Å². The number of hydrogen-bond donors (Lipinski definition) is 1. The second-order valence-corrected chi connectivity index (χ2v) is 8.03. The number of nitrogens with zero attached hydrogens (tertiary/aromatic N) is 1. The van der Waals surface area contributed by atoms with Gasteiger partial charge in [-0.2, -0.15) is 0 Å². The summed E-state index contributed by atoms with van der Waals surface area (Å²) in [5, 5.41) is 0. The van der Waals surface area contributed by atoms with Crippen LogP contribution in [0.3, 0.4) is 0 Å². The number of hydrogen-bond acceptors (Lipinski definition) is 6. The van der Waals surface area contributed by atoms with Gasteiger partial charge in [0.25, 0.3) is 0 Å². The first-order valence-corrected chi connectivity index (χ1v) is 10.2. The lowest BCUT2D eigenvalue weighted by molar-refractivity contribution is 0.0430. The summed E-state index contributed by atoms with van der Waals surface area (Å²) in [5.74, 6) is 1.12. The fourth-order valence-corrected chi connectivity index (χ4v) is 4.45. The summed E-state index contributed by atoms with van der Waals surface area (Å²) in [4.78, 5) is 15.7. The molecule has 1 saturated carbocycles. The Morgan fingerprint density at radius 3 is 2.40 bits per heavy atom. The Balaban J connectivity index is 2.00. The lowest BCUT2D eigenvalue weighted by Crippen LogP contribution is -2.33. The number of anilines is 2. The van der Waals surface area contributed by atoms with E-state index in [1.807, 2.05) is 31.1 Å². The van der Waals surface area contributed by atoms with Crippen molar-refractivity contribution in [1.29, 1.82) is 0 Å². The van der Waals surface area contributed by atoms with Gasteiger partial charge in [-0.1, -0.05) is 6.07 Å². The van der Waals surface area contributed by atoms with Gasteiger partial charge in [-0.15, -0.1) is 0 Å². The van der Waals surface area contributed by atoms with Crippen LogP contribution in [0.15, 0.2) is 36.4 Å². The molecule has 0 spiro atoms. The molecular formula is C24H32N2O4. The number of nitrogen functional groups attached to an aromatic ring is 1. The smallest absolute Gasteiger partial charge is 0.170 e. The van der Waals surface area contributed by atoms with Crippen LogP contribution < -0.4 is 20.1 Å². The van der Waals surface area contributed by atoms with Gasteiger partial charge in [0.1, 0.15) is 11.5 Å². The van der Waals surface area contributed by atoms with Crippen molar-refractivity contribution >= 4 is 17.2 Å². The third kappa shape index (κ3) is 4.38. The van der Waals surface area contributed by atoms with E-state index in [0.29, 0.717) is 22.7 Å². The minimum Gasteiger partial charge on any atom is -0.497 e. The van der Waals surface area contributed by atoms with Crippen LogP contribution in [0, 0.1) is 5.92 Å². The molecule has 0 saturated heterocycles. The monoisotopic (exact) mass is 412 g/mol. The zero-order valence-corrected chi connectivity index (χ0v) is 18.5. The summed E-state index contributed by atoms with van der Waals surface area (Å²) >= 11 is 0. The van der Waals surface area contributed by atoms with Crippen LogP contribution in [0.1, 0.15) is 41.1 Å². The molecule has 0 heterocycles. The first-order chi connectivity index (χ1) is 14.4. The molecule has 2 N–H and O–H groups in total. The molecule has 3 rings (SSSR count). The quantitative estimate of drug-likeness (QED) is 0.544. The molecule has 3 unspecified atom stereocenters. The number of carbonyl (C=O) groups is 1. The van der Waals surface area contributed by atoms with Crippen molar-refractivity contribution in [3.8, 4) is 11.5 Å². The van der Waals surface area contributed by atoms with E-state index >= 15 is 0 Å². The maximum atomic E-state index is 13.7. The Bertz CT molecular complexity index is 897. The summed E-state index contributed by atoms with van der Waals surface area (Å²) in [6, 6.07) is 11.5. The summed E-state index contributed by atoms with van der Waals surface area (Å²) in [5.41, 5.74) is 9.62. The second kappa shape index (κ2) is 9.39. The van der Waals surface area contributed by atoms with E-state index in [0.717, 1.165) is 30.5 Å². The average Bonchev–Trinajstić information content (AvgIpc) is 2.77. The van der Waals surface area contributed by atoms with Crippen LogP contribution in [0.2, 0.25) is 0 Å². The van der Waals surface area contributed by atoms with Gasteiger partial charge in [0, 0.05) is 27.1 Å². The summed E-state index contributed by atoms with van der Waals surface area (Å²) in [6.07, 6.45) is 2.50. The largest absolute Gasteiger partial charge is 0.497 e. The van der Waals surface area contributed by atoms with E-state index in [9.17, 15) is 4.79 Å². The number of ketones is 1. The number of Topliss-reactive ketones (excluding diaryl/α,β-unsaturated/α-hetero) is 1. The van der Waals surface area contributed by atoms with Crippen molar-refractivity contribution in [1.82, 2.24) is 0 Å².